The number of carbonyl (C=O) groups excluding carboxylic acids is 2. The lowest BCUT2D eigenvalue weighted by atomic mass is 10.1. The van der Waals surface area contributed by atoms with Crippen LogP contribution in [-0.4, -0.2) is 11.9 Å². The summed E-state index contributed by atoms with van der Waals surface area (Å²) < 4.78 is 19.0. The monoisotopic (exact) mass is 315 g/mol. The highest BCUT2D eigenvalue weighted by Gasteiger charge is 2.14. The second kappa shape index (κ2) is 6.60. The Kier molecular flexibility index (Phi) is 4.79. The zero-order valence-electron chi connectivity index (χ0n) is 13.5. The van der Waals surface area contributed by atoms with Gasteiger partial charge in [-0.2, -0.15) is 0 Å². The van der Waals surface area contributed by atoms with E-state index >= 15 is 0 Å². The number of halogens is 1. The van der Waals surface area contributed by atoms with Gasteiger partial charge in [-0.15, -0.1) is 0 Å². The molecular weight excluding hydrogens is 297 g/mol. The molecule has 2 aromatic carbocycles. The van der Waals surface area contributed by atoms with Gasteiger partial charge in [-0.3, -0.25) is 4.79 Å². The third kappa shape index (κ3) is 3.94. The van der Waals surface area contributed by atoms with Crippen molar-refractivity contribution in [2.45, 2.75) is 27.7 Å². The Bertz CT molecular complexity index is 784. The number of amides is 1. The zero-order chi connectivity index (χ0) is 17.1. The van der Waals surface area contributed by atoms with E-state index < -0.39 is 17.7 Å². The van der Waals surface area contributed by atoms with Crippen LogP contribution in [0, 0.1) is 26.6 Å². The quantitative estimate of drug-likeness (QED) is 0.690. The first-order chi connectivity index (χ1) is 10.8. The molecule has 4 nitrogen and oxygen atoms in total. The number of aryl methyl sites for hydroxylation is 2. The Morgan fingerprint density at radius 2 is 1.78 bits per heavy atom. The van der Waals surface area contributed by atoms with Gasteiger partial charge < -0.3 is 10.1 Å². The third-order valence-corrected chi connectivity index (χ3v) is 3.48. The lowest BCUT2D eigenvalue weighted by Gasteiger charge is -2.12. The molecule has 1 amide bonds. The summed E-state index contributed by atoms with van der Waals surface area (Å²) in [6, 6.07) is 7.48. The fourth-order valence-corrected chi connectivity index (χ4v) is 2.20. The van der Waals surface area contributed by atoms with E-state index in [1.165, 1.54) is 19.1 Å². The Morgan fingerprint density at radius 3 is 2.43 bits per heavy atom. The van der Waals surface area contributed by atoms with E-state index in [0.717, 1.165) is 22.8 Å². The number of rotatable bonds is 3. The molecule has 0 aliphatic rings. The highest BCUT2D eigenvalue weighted by Crippen LogP contribution is 2.25. The molecule has 1 N–H and O–H groups in total. The van der Waals surface area contributed by atoms with Crippen LogP contribution in [0.5, 0.6) is 5.75 Å². The minimum Gasteiger partial charge on any atom is -0.423 e. The van der Waals surface area contributed by atoms with E-state index in [-0.39, 0.29) is 11.3 Å². The van der Waals surface area contributed by atoms with Gasteiger partial charge in [0.15, 0.2) is 0 Å². The number of hydrogen-bond donors (Lipinski definition) is 1. The molecule has 0 heterocycles. The molecule has 0 unspecified atom stereocenters. The number of hydrogen-bond acceptors (Lipinski definition) is 3. The highest BCUT2D eigenvalue weighted by molar-refractivity contribution is 5.94. The average molecular weight is 315 g/mol. The van der Waals surface area contributed by atoms with E-state index in [2.05, 4.69) is 5.32 Å². The Morgan fingerprint density at radius 1 is 1.09 bits per heavy atom. The molecule has 0 radical (unpaired) electrons. The van der Waals surface area contributed by atoms with Crippen molar-refractivity contribution < 1.29 is 18.7 Å². The maximum atomic E-state index is 13.6. The van der Waals surface area contributed by atoms with Gasteiger partial charge in [-0.25, -0.2) is 9.18 Å². The summed E-state index contributed by atoms with van der Waals surface area (Å²) in [6.07, 6.45) is 0. The molecule has 0 aliphatic carbocycles. The van der Waals surface area contributed by atoms with Gasteiger partial charge in [0.2, 0.25) is 5.91 Å². The van der Waals surface area contributed by atoms with Gasteiger partial charge in [-0.05, 0) is 61.7 Å². The molecule has 23 heavy (non-hydrogen) atoms. The van der Waals surface area contributed by atoms with E-state index in [1.807, 2.05) is 26.8 Å². The number of ether oxygens (including phenoxy) is 1. The average Bonchev–Trinajstić information content (AvgIpc) is 2.46. The van der Waals surface area contributed by atoms with Gasteiger partial charge in [-0.1, -0.05) is 6.07 Å². The predicted molar refractivity (Wildman–Crippen MR) is 86.3 cm³/mol. The van der Waals surface area contributed by atoms with Gasteiger partial charge in [0.05, 0.1) is 11.3 Å². The van der Waals surface area contributed by atoms with E-state index in [1.54, 1.807) is 6.07 Å². The van der Waals surface area contributed by atoms with Crippen LogP contribution in [-0.2, 0) is 4.79 Å². The van der Waals surface area contributed by atoms with E-state index in [4.69, 9.17) is 4.74 Å². The fourth-order valence-electron chi connectivity index (χ4n) is 2.20. The molecule has 2 aromatic rings. The molecular formula is C18H18FNO3. The first-order valence-electron chi connectivity index (χ1n) is 7.15. The second-order valence-corrected chi connectivity index (χ2v) is 5.47. The molecule has 0 bridgehead atoms. The van der Waals surface area contributed by atoms with Crippen LogP contribution in [0.4, 0.5) is 10.1 Å². The van der Waals surface area contributed by atoms with Crippen LogP contribution in [0.15, 0.2) is 30.3 Å². The van der Waals surface area contributed by atoms with Gasteiger partial charge >= 0.3 is 5.97 Å². The zero-order valence-corrected chi connectivity index (χ0v) is 13.5. The summed E-state index contributed by atoms with van der Waals surface area (Å²) in [5, 5.41) is 2.34. The number of anilines is 1. The van der Waals surface area contributed by atoms with Crippen LogP contribution < -0.4 is 10.1 Å². The maximum absolute atomic E-state index is 13.6. The summed E-state index contributed by atoms with van der Waals surface area (Å²) in [5.41, 5.74) is 2.98. The fraction of sp³-hybridized carbons (Fsp3) is 0.222. The largest absolute Gasteiger partial charge is 0.423 e. The molecule has 0 aliphatic heterocycles. The van der Waals surface area contributed by atoms with E-state index in [9.17, 15) is 14.0 Å². The third-order valence-electron chi connectivity index (χ3n) is 3.48. The van der Waals surface area contributed by atoms with Crippen molar-refractivity contribution >= 4 is 17.6 Å². The van der Waals surface area contributed by atoms with Crippen molar-refractivity contribution in [3.05, 3.63) is 58.4 Å². The van der Waals surface area contributed by atoms with Crippen molar-refractivity contribution in [1.29, 1.82) is 0 Å². The van der Waals surface area contributed by atoms with Crippen LogP contribution in [0.25, 0.3) is 0 Å². The topological polar surface area (TPSA) is 55.4 Å². The summed E-state index contributed by atoms with van der Waals surface area (Å²) in [4.78, 5) is 23.3. The van der Waals surface area contributed by atoms with Crippen molar-refractivity contribution in [3.8, 4) is 5.75 Å². The number of benzene rings is 2. The smallest absolute Gasteiger partial charge is 0.343 e. The van der Waals surface area contributed by atoms with Crippen LogP contribution >= 0.6 is 0 Å². The molecule has 0 saturated carbocycles. The number of carbonyl (C=O) groups is 2. The minimum absolute atomic E-state index is 0.0518. The van der Waals surface area contributed by atoms with E-state index in [0.29, 0.717) is 5.75 Å². The van der Waals surface area contributed by atoms with Crippen LogP contribution in [0.1, 0.15) is 34.0 Å². The molecule has 0 spiro atoms. The SMILES string of the molecule is CC(=O)Nc1cc(C(=O)Oc2cc(C)cc(C)c2C)ccc1F. The summed E-state index contributed by atoms with van der Waals surface area (Å²) in [5.74, 6) is -1.17. The standard InChI is InChI=1S/C18H18FNO3/c1-10-7-11(2)12(3)17(8-10)23-18(22)14-5-6-15(19)16(9-14)20-13(4)21/h5-9H,1-4H3,(H,20,21). The molecule has 0 fully saturated rings. The molecule has 0 atom stereocenters. The predicted octanol–water partition coefficient (Wildman–Crippen LogP) is 3.93. The van der Waals surface area contributed by atoms with Crippen molar-refractivity contribution in [1.82, 2.24) is 0 Å². The Hall–Kier alpha value is -2.69. The van der Waals surface area contributed by atoms with Crippen molar-refractivity contribution in [2.75, 3.05) is 5.32 Å². The van der Waals surface area contributed by atoms with Gasteiger partial charge in [0.1, 0.15) is 11.6 Å². The highest BCUT2D eigenvalue weighted by atomic mass is 19.1. The summed E-state index contributed by atoms with van der Waals surface area (Å²) >= 11 is 0. The van der Waals surface area contributed by atoms with Gasteiger partial charge in [0.25, 0.3) is 0 Å². The van der Waals surface area contributed by atoms with Gasteiger partial charge in [0, 0.05) is 6.92 Å². The van der Waals surface area contributed by atoms with Crippen LogP contribution in [0.2, 0.25) is 0 Å². The normalized spacial score (nSPS) is 10.3. The molecule has 2 rings (SSSR count). The first kappa shape index (κ1) is 16.7. The van der Waals surface area contributed by atoms with Crippen molar-refractivity contribution in [3.63, 3.8) is 0 Å². The number of esters is 1. The van der Waals surface area contributed by atoms with Crippen LogP contribution in [0.3, 0.4) is 0 Å². The van der Waals surface area contributed by atoms with Crippen molar-refractivity contribution in [2.24, 2.45) is 0 Å². The lowest BCUT2D eigenvalue weighted by Crippen LogP contribution is -2.12. The Balaban J connectivity index is 2.30. The molecule has 0 aromatic heterocycles. The summed E-state index contributed by atoms with van der Waals surface area (Å²) in [6.45, 7) is 6.98. The molecule has 5 heteroatoms. The minimum atomic E-state index is -0.612. The first-order valence-corrected chi connectivity index (χ1v) is 7.15. The lowest BCUT2D eigenvalue weighted by molar-refractivity contribution is -0.114. The maximum Gasteiger partial charge on any atom is 0.343 e. The number of nitrogens with one attached hydrogen (secondary N) is 1. The molecule has 0 saturated heterocycles. The molecule has 120 valence electrons. The second-order valence-electron chi connectivity index (χ2n) is 5.47. The summed E-state index contributed by atoms with van der Waals surface area (Å²) in [7, 11) is 0. The Labute approximate surface area is 134 Å².